The van der Waals surface area contributed by atoms with E-state index < -0.39 is 0 Å². The summed E-state index contributed by atoms with van der Waals surface area (Å²) in [6.45, 7) is 0.889. The molecule has 0 saturated heterocycles. The molecule has 0 aromatic heterocycles. The highest BCUT2D eigenvalue weighted by Crippen LogP contribution is 2.25. The van der Waals surface area contributed by atoms with Crippen molar-refractivity contribution in [1.29, 1.82) is 0 Å². The zero-order valence-corrected chi connectivity index (χ0v) is 11.7. The molecule has 0 bridgehead atoms. The highest BCUT2D eigenvalue weighted by atomic mass is 16.2. The van der Waals surface area contributed by atoms with Gasteiger partial charge in [-0.25, -0.2) is 0 Å². The number of carbonyl (C=O) groups excluding carboxylic acids is 1. The van der Waals surface area contributed by atoms with Crippen molar-refractivity contribution in [2.45, 2.75) is 38.1 Å². The summed E-state index contributed by atoms with van der Waals surface area (Å²) in [5.74, 6) is 0.852. The van der Waals surface area contributed by atoms with E-state index in [1.807, 2.05) is 42.3 Å². The molecule has 104 valence electrons. The Balaban J connectivity index is 1.82. The zero-order valence-electron chi connectivity index (χ0n) is 11.7. The van der Waals surface area contributed by atoms with E-state index in [9.17, 15) is 4.79 Å². The zero-order chi connectivity index (χ0) is 13.7. The van der Waals surface area contributed by atoms with Crippen molar-refractivity contribution in [1.82, 2.24) is 4.90 Å². The first kappa shape index (κ1) is 14.1. The van der Waals surface area contributed by atoms with Gasteiger partial charge >= 0.3 is 0 Å². The SMILES string of the molecule is CN(CC1CCCC1)C(=O)CC(N)c1ccccc1. The van der Waals surface area contributed by atoms with Gasteiger partial charge in [0.1, 0.15) is 0 Å². The van der Waals surface area contributed by atoms with Gasteiger partial charge in [0.2, 0.25) is 5.91 Å². The molecule has 2 N–H and O–H groups in total. The molecule has 0 spiro atoms. The number of nitrogens with zero attached hydrogens (tertiary/aromatic N) is 1. The molecule has 3 heteroatoms. The van der Waals surface area contributed by atoms with Gasteiger partial charge < -0.3 is 10.6 Å². The predicted octanol–water partition coefficient (Wildman–Crippen LogP) is 2.73. The monoisotopic (exact) mass is 260 g/mol. The van der Waals surface area contributed by atoms with Crippen LogP contribution in [0.4, 0.5) is 0 Å². The van der Waals surface area contributed by atoms with Crippen molar-refractivity contribution in [2.75, 3.05) is 13.6 Å². The lowest BCUT2D eigenvalue weighted by Gasteiger charge is -2.22. The van der Waals surface area contributed by atoms with Crippen molar-refractivity contribution in [2.24, 2.45) is 11.7 Å². The minimum atomic E-state index is -0.195. The molecular formula is C16H24N2O. The average molecular weight is 260 g/mol. The Morgan fingerprint density at radius 2 is 1.95 bits per heavy atom. The second kappa shape index (κ2) is 6.71. The molecule has 1 saturated carbocycles. The third-order valence-electron chi connectivity index (χ3n) is 4.05. The fourth-order valence-corrected chi connectivity index (χ4v) is 2.84. The van der Waals surface area contributed by atoms with Crippen LogP contribution in [0.5, 0.6) is 0 Å². The molecule has 1 atom stereocenters. The summed E-state index contributed by atoms with van der Waals surface area (Å²) in [6, 6.07) is 9.65. The number of hydrogen-bond donors (Lipinski definition) is 1. The maximum absolute atomic E-state index is 12.2. The third kappa shape index (κ3) is 4.06. The van der Waals surface area contributed by atoms with E-state index in [4.69, 9.17) is 5.73 Å². The first-order valence-corrected chi connectivity index (χ1v) is 7.21. The van der Waals surface area contributed by atoms with E-state index in [1.54, 1.807) is 0 Å². The first-order chi connectivity index (χ1) is 9.16. The van der Waals surface area contributed by atoms with Crippen LogP contribution in [-0.2, 0) is 4.79 Å². The lowest BCUT2D eigenvalue weighted by atomic mass is 10.0. The largest absolute Gasteiger partial charge is 0.345 e. The molecule has 1 aromatic rings. The van der Waals surface area contributed by atoms with Gasteiger partial charge in [-0.05, 0) is 24.3 Å². The number of benzene rings is 1. The highest BCUT2D eigenvalue weighted by Gasteiger charge is 2.20. The Morgan fingerprint density at radius 3 is 2.58 bits per heavy atom. The molecule has 1 unspecified atom stereocenters. The summed E-state index contributed by atoms with van der Waals surface area (Å²) >= 11 is 0. The molecule has 1 fully saturated rings. The second-order valence-corrected chi connectivity index (χ2v) is 5.65. The van der Waals surface area contributed by atoms with E-state index in [0.717, 1.165) is 12.1 Å². The maximum atomic E-state index is 12.2. The fraction of sp³-hybridized carbons (Fsp3) is 0.562. The summed E-state index contributed by atoms with van der Waals surface area (Å²) in [4.78, 5) is 14.0. The average Bonchev–Trinajstić information content (AvgIpc) is 2.92. The molecule has 2 rings (SSSR count). The smallest absolute Gasteiger partial charge is 0.224 e. The van der Waals surface area contributed by atoms with Gasteiger partial charge in [-0.1, -0.05) is 43.2 Å². The highest BCUT2D eigenvalue weighted by molar-refractivity contribution is 5.76. The van der Waals surface area contributed by atoms with Gasteiger partial charge in [0, 0.05) is 26.1 Å². The Morgan fingerprint density at radius 1 is 1.32 bits per heavy atom. The number of nitrogens with two attached hydrogens (primary N) is 1. The van der Waals surface area contributed by atoms with Crippen LogP contribution in [0.3, 0.4) is 0 Å². The molecule has 0 aliphatic heterocycles. The molecular weight excluding hydrogens is 236 g/mol. The van der Waals surface area contributed by atoms with Crippen molar-refractivity contribution < 1.29 is 4.79 Å². The van der Waals surface area contributed by atoms with Crippen molar-refractivity contribution in [3.63, 3.8) is 0 Å². The Labute approximate surface area is 115 Å². The van der Waals surface area contributed by atoms with Crippen LogP contribution >= 0.6 is 0 Å². The van der Waals surface area contributed by atoms with Gasteiger partial charge in [-0.15, -0.1) is 0 Å². The van der Waals surface area contributed by atoms with E-state index >= 15 is 0 Å². The van der Waals surface area contributed by atoms with Crippen LogP contribution in [0.25, 0.3) is 0 Å². The van der Waals surface area contributed by atoms with Crippen molar-refractivity contribution >= 4 is 5.91 Å². The molecule has 1 aliphatic rings. The molecule has 19 heavy (non-hydrogen) atoms. The topological polar surface area (TPSA) is 46.3 Å². The first-order valence-electron chi connectivity index (χ1n) is 7.21. The van der Waals surface area contributed by atoms with Gasteiger partial charge in [0.15, 0.2) is 0 Å². The normalized spacial score (nSPS) is 17.4. The number of amides is 1. The standard InChI is InChI=1S/C16H24N2O/c1-18(12-13-7-5-6-8-13)16(19)11-15(17)14-9-3-2-4-10-14/h2-4,9-10,13,15H,5-8,11-12,17H2,1H3. The van der Waals surface area contributed by atoms with Gasteiger partial charge in [-0.2, -0.15) is 0 Å². The van der Waals surface area contributed by atoms with E-state index in [1.165, 1.54) is 25.7 Å². The molecule has 0 radical (unpaired) electrons. The minimum absolute atomic E-state index is 0.156. The van der Waals surface area contributed by atoms with Crippen LogP contribution in [0.1, 0.15) is 43.7 Å². The maximum Gasteiger partial charge on any atom is 0.224 e. The lowest BCUT2D eigenvalue weighted by molar-refractivity contribution is -0.130. The summed E-state index contributed by atoms with van der Waals surface area (Å²) in [5.41, 5.74) is 7.13. The van der Waals surface area contributed by atoms with Crippen LogP contribution in [0, 0.1) is 5.92 Å². The van der Waals surface area contributed by atoms with Crippen LogP contribution in [0.2, 0.25) is 0 Å². The summed E-state index contributed by atoms with van der Waals surface area (Å²) in [7, 11) is 1.90. The van der Waals surface area contributed by atoms with E-state index in [-0.39, 0.29) is 11.9 Å². The second-order valence-electron chi connectivity index (χ2n) is 5.65. The number of carbonyl (C=O) groups is 1. The Kier molecular flexibility index (Phi) is 4.97. The third-order valence-corrected chi connectivity index (χ3v) is 4.05. The van der Waals surface area contributed by atoms with Crippen molar-refractivity contribution in [3.8, 4) is 0 Å². The van der Waals surface area contributed by atoms with E-state index in [2.05, 4.69) is 0 Å². The van der Waals surface area contributed by atoms with Crippen LogP contribution in [0.15, 0.2) is 30.3 Å². The quantitative estimate of drug-likeness (QED) is 0.884. The molecule has 3 nitrogen and oxygen atoms in total. The Bertz CT molecular complexity index is 398. The van der Waals surface area contributed by atoms with Crippen molar-refractivity contribution in [3.05, 3.63) is 35.9 Å². The lowest BCUT2D eigenvalue weighted by Crippen LogP contribution is -2.33. The van der Waals surface area contributed by atoms with Gasteiger partial charge in [0.25, 0.3) is 0 Å². The minimum Gasteiger partial charge on any atom is -0.345 e. The number of hydrogen-bond acceptors (Lipinski definition) is 2. The summed E-state index contributed by atoms with van der Waals surface area (Å²) in [5, 5.41) is 0. The van der Waals surface area contributed by atoms with E-state index in [0.29, 0.717) is 12.3 Å². The summed E-state index contributed by atoms with van der Waals surface area (Å²) in [6.07, 6.45) is 5.56. The van der Waals surface area contributed by atoms with Crippen LogP contribution in [-0.4, -0.2) is 24.4 Å². The number of rotatable bonds is 5. The fourth-order valence-electron chi connectivity index (χ4n) is 2.84. The molecule has 1 amide bonds. The Hall–Kier alpha value is -1.35. The molecule has 1 aliphatic carbocycles. The summed E-state index contributed by atoms with van der Waals surface area (Å²) < 4.78 is 0. The molecule has 0 heterocycles. The van der Waals surface area contributed by atoms with Gasteiger partial charge in [-0.3, -0.25) is 4.79 Å². The molecule has 1 aromatic carbocycles. The van der Waals surface area contributed by atoms with Gasteiger partial charge in [0.05, 0.1) is 0 Å². The predicted molar refractivity (Wildman–Crippen MR) is 77.6 cm³/mol. The van der Waals surface area contributed by atoms with Crippen LogP contribution < -0.4 is 5.73 Å².